The van der Waals surface area contributed by atoms with E-state index in [0.717, 1.165) is 31.4 Å². The number of hydrogen-bond acceptors (Lipinski definition) is 1. The van der Waals surface area contributed by atoms with Crippen molar-refractivity contribution in [3.8, 4) is 0 Å². The molecule has 0 saturated heterocycles. The highest BCUT2D eigenvalue weighted by Gasteiger charge is 2.34. The molecule has 2 unspecified atom stereocenters. The second-order valence-electron chi connectivity index (χ2n) is 5.75. The summed E-state index contributed by atoms with van der Waals surface area (Å²) in [5.74, 6) is -0.628. The highest BCUT2D eigenvalue weighted by molar-refractivity contribution is 5.27. The van der Waals surface area contributed by atoms with E-state index in [1.165, 1.54) is 18.9 Å². The second kappa shape index (κ2) is 6.77. The molecule has 1 aliphatic carbocycles. The molecule has 0 aliphatic heterocycles. The van der Waals surface area contributed by atoms with Gasteiger partial charge in [0.15, 0.2) is 0 Å². The first-order chi connectivity index (χ1) is 9.91. The molecule has 1 aliphatic rings. The van der Waals surface area contributed by atoms with E-state index >= 15 is 0 Å². The zero-order valence-electron chi connectivity index (χ0n) is 12.1. The Morgan fingerprint density at radius 2 is 1.90 bits per heavy atom. The first kappa shape index (κ1) is 16.3. The van der Waals surface area contributed by atoms with Crippen LogP contribution in [0.1, 0.15) is 50.2 Å². The Morgan fingerprint density at radius 1 is 1.19 bits per heavy atom. The van der Waals surface area contributed by atoms with Crippen LogP contribution >= 0.6 is 0 Å². The minimum Gasteiger partial charge on any atom is -0.310 e. The van der Waals surface area contributed by atoms with E-state index in [-0.39, 0.29) is 0 Å². The Hall–Kier alpha value is -1.10. The Morgan fingerprint density at radius 3 is 2.57 bits per heavy atom. The lowest BCUT2D eigenvalue weighted by molar-refractivity contribution is -0.140. The van der Waals surface area contributed by atoms with E-state index in [1.54, 1.807) is 0 Å². The van der Waals surface area contributed by atoms with Gasteiger partial charge in [-0.2, -0.15) is 13.2 Å². The van der Waals surface area contributed by atoms with Gasteiger partial charge < -0.3 is 5.32 Å². The van der Waals surface area contributed by atoms with Crippen LogP contribution in [-0.2, 0) is 12.7 Å². The molecule has 0 spiro atoms. The highest BCUT2D eigenvalue weighted by Crippen LogP contribution is 2.32. The molecular weight excluding hydrogens is 282 g/mol. The van der Waals surface area contributed by atoms with Crippen LogP contribution in [0.3, 0.4) is 0 Å². The quantitative estimate of drug-likeness (QED) is 0.780. The summed E-state index contributed by atoms with van der Waals surface area (Å²) in [5.41, 5.74) is -0.707. The van der Waals surface area contributed by atoms with Crippen LogP contribution in [0, 0.1) is 11.7 Å². The van der Waals surface area contributed by atoms with Crippen molar-refractivity contribution in [3.63, 3.8) is 0 Å². The van der Waals surface area contributed by atoms with E-state index < -0.39 is 17.6 Å². The van der Waals surface area contributed by atoms with Gasteiger partial charge in [-0.25, -0.2) is 4.39 Å². The van der Waals surface area contributed by atoms with Crippen molar-refractivity contribution in [1.82, 2.24) is 5.32 Å². The molecule has 0 heterocycles. The van der Waals surface area contributed by atoms with E-state index in [4.69, 9.17) is 0 Å². The van der Waals surface area contributed by atoms with Crippen molar-refractivity contribution in [3.05, 3.63) is 35.1 Å². The monoisotopic (exact) mass is 303 g/mol. The predicted molar refractivity (Wildman–Crippen MR) is 74.3 cm³/mol. The molecule has 1 nitrogen and oxygen atoms in total. The number of nitrogens with one attached hydrogen (secondary N) is 1. The first-order valence-corrected chi connectivity index (χ1v) is 7.50. The molecule has 1 aromatic carbocycles. The highest BCUT2D eigenvalue weighted by atomic mass is 19.4. The van der Waals surface area contributed by atoms with Gasteiger partial charge in [-0.05, 0) is 36.5 Å². The van der Waals surface area contributed by atoms with Crippen molar-refractivity contribution < 1.29 is 17.6 Å². The summed E-state index contributed by atoms with van der Waals surface area (Å²) >= 11 is 0. The second-order valence-corrected chi connectivity index (χ2v) is 5.75. The summed E-state index contributed by atoms with van der Waals surface area (Å²) in [6.07, 6.45) is 1.06. The summed E-state index contributed by atoms with van der Waals surface area (Å²) in [6, 6.07) is 3.58. The van der Waals surface area contributed by atoms with Gasteiger partial charge in [-0.15, -0.1) is 0 Å². The standard InChI is InChI=1S/C16H21F4N/c1-2-12-5-3-4-6-15(12)21-10-11-7-8-14(17)13(9-11)16(18,19)20/h7-9,12,15,21H,2-6,10H2,1H3. The van der Waals surface area contributed by atoms with E-state index in [1.807, 2.05) is 0 Å². The SMILES string of the molecule is CCC1CCCCC1NCc1ccc(F)c(C(F)(F)F)c1. The number of benzene rings is 1. The summed E-state index contributed by atoms with van der Waals surface area (Å²) < 4.78 is 51.3. The molecule has 0 bridgehead atoms. The topological polar surface area (TPSA) is 12.0 Å². The summed E-state index contributed by atoms with van der Waals surface area (Å²) in [5, 5.41) is 3.35. The summed E-state index contributed by atoms with van der Waals surface area (Å²) in [6.45, 7) is 2.49. The van der Waals surface area contributed by atoms with Crippen molar-refractivity contribution in [1.29, 1.82) is 0 Å². The fraction of sp³-hybridized carbons (Fsp3) is 0.625. The van der Waals surface area contributed by atoms with Gasteiger partial charge in [0.25, 0.3) is 0 Å². The molecule has 118 valence electrons. The Bertz CT molecular complexity index is 470. The van der Waals surface area contributed by atoms with Gasteiger partial charge in [-0.3, -0.25) is 0 Å². The van der Waals surface area contributed by atoms with E-state index in [0.29, 0.717) is 24.1 Å². The Balaban J connectivity index is 2.03. The van der Waals surface area contributed by atoms with Crippen LogP contribution in [0.25, 0.3) is 0 Å². The molecule has 0 aromatic heterocycles. The molecule has 0 amide bonds. The van der Waals surface area contributed by atoms with Crippen LogP contribution in [0.4, 0.5) is 17.6 Å². The van der Waals surface area contributed by atoms with Crippen molar-refractivity contribution in [2.24, 2.45) is 5.92 Å². The first-order valence-electron chi connectivity index (χ1n) is 7.50. The van der Waals surface area contributed by atoms with Gasteiger partial charge in [-0.1, -0.05) is 32.3 Å². The van der Waals surface area contributed by atoms with Gasteiger partial charge in [0, 0.05) is 12.6 Å². The molecule has 21 heavy (non-hydrogen) atoms. The number of hydrogen-bond donors (Lipinski definition) is 1. The van der Waals surface area contributed by atoms with Crippen molar-refractivity contribution in [2.75, 3.05) is 0 Å². The van der Waals surface area contributed by atoms with Gasteiger partial charge in [0.1, 0.15) is 5.82 Å². The van der Waals surface area contributed by atoms with Gasteiger partial charge >= 0.3 is 6.18 Å². The molecule has 1 aromatic rings. The summed E-state index contributed by atoms with van der Waals surface area (Å²) in [7, 11) is 0. The fourth-order valence-corrected chi connectivity index (χ4v) is 3.11. The van der Waals surface area contributed by atoms with E-state index in [2.05, 4.69) is 12.2 Å². The smallest absolute Gasteiger partial charge is 0.310 e. The number of halogens is 4. The van der Waals surface area contributed by atoms with E-state index in [9.17, 15) is 17.6 Å². The normalized spacial score (nSPS) is 23.3. The third-order valence-corrected chi connectivity index (χ3v) is 4.34. The van der Waals surface area contributed by atoms with Crippen LogP contribution in [-0.4, -0.2) is 6.04 Å². The fourth-order valence-electron chi connectivity index (χ4n) is 3.11. The Kier molecular flexibility index (Phi) is 5.25. The maximum Gasteiger partial charge on any atom is 0.419 e. The molecule has 1 saturated carbocycles. The third kappa shape index (κ3) is 4.19. The third-order valence-electron chi connectivity index (χ3n) is 4.34. The van der Waals surface area contributed by atoms with Crippen molar-refractivity contribution in [2.45, 2.75) is 57.8 Å². The van der Waals surface area contributed by atoms with Gasteiger partial charge in [0.2, 0.25) is 0 Å². The minimum atomic E-state index is -4.64. The molecule has 5 heteroatoms. The van der Waals surface area contributed by atoms with Crippen LogP contribution < -0.4 is 5.32 Å². The average Bonchev–Trinajstić information content (AvgIpc) is 2.45. The molecule has 0 radical (unpaired) electrons. The Labute approximate surface area is 122 Å². The summed E-state index contributed by atoms with van der Waals surface area (Å²) in [4.78, 5) is 0. The lowest BCUT2D eigenvalue weighted by Crippen LogP contribution is -2.37. The average molecular weight is 303 g/mol. The molecule has 2 atom stereocenters. The molecule has 1 fully saturated rings. The molecule has 2 rings (SSSR count). The lowest BCUT2D eigenvalue weighted by atomic mass is 9.83. The van der Waals surface area contributed by atoms with Crippen LogP contribution in [0.2, 0.25) is 0 Å². The molecular formula is C16H21F4N. The maximum absolute atomic E-state index is 13.2. The van der Waals surface area contributed by atoms with Crippen LogP contribution in [0.15, 0.2) is 18.2 Å². The minimum absolute atomic E-state index is 0.350. The van der Waals surface area contributed by atoms with Crippen LogP contribution in [0.5, 0.6) is 0 Å². The predicted octanol–water partition coefficient (Wildman–Crippen LogP) is 4.90. The number of alkyl halides is 3. The zero-order valence-corrected chi connectivity index (χ0v) is 12.1. The van der Waals surface area contributed by atoms with Gasteiger partial charge in [0.05, 0.1) is 5.56 Å². The number of rotatable bonds is 4. The molecule has 1 N–H and O–H groups in total. The van der Waals surface area contributed by atoms with Crippen molar-refractivity contribution >= 4 is 0 Å². The maximum atomic E-state index is 13.2. The largest absolute Gasteiger partial charge is 0.419 e. The lowest BCUT2D eigenvalue weighted by Gasteiger charge is -2.31. The zero-order chi connectivity index (χ0) is 15.5.